The third-order valence-corrected chi connectivity index (χ3v) is 6.39. The van der Waals surface area contributed by atoms with Crippen LogP contribution in [0, 0.1) is 12.8 Å². The molecule has 0 saturated carbocycles. The highest BCUT2D eigenvalue weighted by molar-refractivity contribution is 6.44. The molecule has 2 aromatic rings. The number of Topliss-reactive ketones (excluding diaryl/α,β-unsaturated/α-hetero) is 2. The maximum absolute atomic E-state index is 13.5. The van der Waals surface area contributed by atoms with Crippen LogP contribution in [-0.2, 0) is 14.3 Å². The number of likely N-dealkylation sites (tertiary alicyclic amines) is 1. The van der Waals surface area contributed by atoms with Crippen molar-refractivity contribution in [1.82, 2.24) is 14.8 Å². The molecule has 4 rings (SSSR count). The predicted molar refractivity (Wildman–Crippen MR) is 121 cm³/mol. The van der Waals surface area contributed by atoms with Crippen LogP contribution in [0.5, 0.6) is 5.75 Å². The molecule has 2 aliphatic rings. The minimum absolute atomic E-state index is 0.350. The lowest BCUT2D eigenvalue weighted by Gasteiger charge is -2.30. The Bertz CT molecular complexity index is 1020. The number of aryl methyl sites for hydroxylation is 1. The number of amides is 1. The second-order valence-corrected chi connectivity index (χ2v) is 8.42. The molecule has 2 aliphatic heterocycles. The van der Waals surface area contributed by atoms with Crippen LogP contribution in [-0.4, -0.2) is 78.8 Å². The van der Waals surface area contributed by atoms with E-state index in [1.165, 1.54) is 0 Å². The lowest BCUT2D eigenvalue weighted by molar-refractivity contribution is -0.140. The zero-order valence-corrected chi connectivity index (χ0v) is 19.0. The Labute approximate surface area is 193 Å². The molecule has 2 unspecified atom stereocenters. The van der Waals surface area contributed by atoms with Crippen molar-refractivity contribution in [2.24, 2.45) is 5.92 Å². The summed E-state index contributed by atoms with van der Waals surface area (Å²) in [5.74, 6) is -2.02. The van der Waals surface area contributed by atoms with Crippen LogP contribution in [0.15, 0.2) is 42.7 Å². The fourth-order valence-electron chi connectivity index (χ4n) is 4.66. The average molecular weight is 452 g/mol. The standard InChI is InChI=1S/C25H29N3O5/c1-17-16-19(4-5-20(17)32-2)23(29)21-22(18-6-8-26-9-7-18)28(25(31)24(21)30)11-3-10-27-12-14-33-15-13-27/h4-9,16,21-22H,3,10-15H2,1-2H3. The van der Waals surface area contributed by atoms with E-state index in [4.69, 9.17) is 9.47 Å². The third kappa shape index (κ3) is 4.82. The Kier molecular flexibility index (Phi) is 7.15. The minimum Gasteiger partial charge on any atom is -0.496 e. The monoisotopic (exact) mass is 451 g/mol. The number of hydrogen-bond acceptors (Lipinski definition) is 7. The number of carbonyl (C=O) groups excluding carboxylic acids is 3. The topological polar surface area (TPSA) is 89.0 Å². The summed E-state index contributed by atoms with van der Waals surface area (Å²) in [7, 11) is 1.57. The van der Waals surface area contributed by atoms with Gasteiger partial charge in [0.1, 0.15) is 11.7 Å². The van der Waals surface area contributed by atoms with Crippen molar-refractivity contribution in [2.75, 3.05) is 46.5 Å². The third-order valence-electron chi connectivity index (χ3n) is 6.39. The van der Waals surface area contributed by atoms with Crippen LogP contribution < -0.4 is 4.74 Å². The molecule has 1 aromatic carbocycles. The van der Waals surface area contributed by atoms with E-state index in [1.54, 1.807) is 54.7 Å². The van der Waals surface area contributed by atoms with Crippen molar-refractivity contribution in [3.63, 3.8) is 0 Å². The van der Waals surface area contributed by atoms with Gasteiger partial charge in [0, 0.05) is 44.1 Å². The van der Waals surface area contributed by atoms with E-state index >= 15 is 0 Å². The summed E-state index contributed by atoms with van der Waals surface area (Å²) in [6, 6.07) is 7.97. The number of morpholine rings is 1. The molecule has 174 valence electrons. The zero-order valence-electron chi connectivity index (χ0n) is 19.0. The van der Waals surface area contributed by atoms with Crippen LogP contribution in [0.3, 0.4) is 0 Å². The second kappa shape index (κ2) is 10.2. The van der Waals surface area contributed by atoms with Gasteiger partial charge in [0.25, 0.3) is 5.91 Å². The lowest BCUT2D eigenvalue weighted by Crippen LogP contribution is -2.39. The zero-order chi connectivity index (χ0) is 23.4. The van der Waals surface area contributed by atoms with Gasteiger partial charge in [-0.2, -0.15) is 0 Å². The summed E-state index contributed by atoms with van der Waals surface area (Å²) in [6.45, 7) is 6.19. The Morgan fingerprint density at radius 1 is 1.12 bits per heavy atom. The van der Waals surface area contributed by atoms with Gasteiger partial charge >= 0.3 is 0 Å². The molecule has 33 heavy (non-hydrogen) atoms. The molecule has 2 fully saturated rings. The molecule has 8 nitrogen and oxygen atoms in total. The number of nitrogens with zero attached hydrogens (tertiary/aromatic N) is 3. The van der Waals surface area contributed by atoms with E-state index in [2.05, 4.69) is 9.88 Å². The van der Waals surface area contributed by atoms with Crippen LogP contribution in [0.2, 0.25) is 0 Å². The summed E-state index contributed by atoms with van der Waals surface area (Å²) >= 11 is 0. The molecule has 2 atom stereocenters. The summed E-state index contributed by atoms with van der Waals surface area (Å²) in [5.41, 5.74) is 1.93. The fraction of sp³-hybridized carbons (Fsp3) is 0.440. The van der Waals surface area contributed by atoms with Crippen molar-refractivity contribution in [3.8, 4) is 5.75 Å². The van der Waals surface area contributed by atoms with Gasteiger partial charge in [0.05, 0.1) is 26.4 Å². The van der Waals surface area contributed by atoms with Crippen LogP contribution in [0.4, 0.5) is 0 Å². The first-order chi connectivity index (χ1) is 16.0. The Morgan fingerprint density at radius 2 is 1.85 bits per heavy atom. The maximum Gasteiger partial charge on any atom is 0.291 e. The molecular weight excluding hydrogens is 422 g/mol. The second-order valence-electron chi connectivity index (χ2n) is 8.42. The highest BCUT2D eigenvalue weighted by atomic mass is 16.5. The van der Waals surface area contributed by atoms with E-state index in [1.807, 2.05) is 6.92 Å². The van der Waals surface area contributed by atoms with Crippen molar-refractivity contribution in [3.05, 3.63) is 59.4 Å². The molecule has 1 aromatic heterocycles. The number of methoxy groups -OCH3 is 1. The molecule has 0 aliphatic carbocycles. The van der Waals surface area contributed by atoms with E-state index in [0.29, 0.717) is 37.5 Å². The number of ketones is 2. The van der Waals surface area contributed by atoms with Gasteiger partial charge in [0.15, 0.2) is 5.78 Å². The highest BCUT2D eigenvalue weighted by Gasteiger charge is 2.51. The van der Waals surface area contributed by atoms with Crippen LogP contribution in [0.25, 0.3) is 0 Å². The molecule has 0 bridgehead atoms. The number of hydrogen-bond donors (Lipinski definition) is 0. The highest BCUT2D eigenvalue weighted by Crippen LogP contribution is 2.38. The van der Waals surface area contributed by atoms with E-state index in [0.717, 1.165) is 30.8 Å². The summed E-state index contributed by atoms with van der Waals surface area (Å²) in [5, 5.41) is 0. The summed E-state index contributed by atoms with van der Waals surface area (Å²) in [4.78, 5) is 47.6. The normalized spacial score (nSPS) is 21.5. The number of pyridine rings is 1. The van der Waals surface area contributed by atoms with Crippen molar-refractivity contribution in [1.29, 1.82) is 0 Å². The molecule has 8 heteroatoms. The molecule has 0 spiro atoms. The van der Waals surface area contributed by atoms with Gasteiger partial charge in [-0.1, -0.05) is 0 Å². The summed E-state index contributed by atoms with van der Waals surface area (Å²) in [6.07, 6.45) is 3.95. The molecule has 0 N–H and O–H groups in total. The van der Waals surface area contributed by atoms with E-state index < -0.39 is 23.7 Å². The number of ether oxygens (including phenoxy) is 2. The van der Waals surface area contributed by atoms with Gasteiger partial charge in [-0.15, -0.1) is 0 Å². The Morgan fingerprint density at radius 3 is 2.52 bits per heavy atom. The maximum atomic E-state index is 13.5. The summed E-state index contributed by atoms with van der Waals surface area (Å²) < 4.78 is 10.7. The van der Waals surface area contributed by atoms with Crippen molar-refractivity contribution < 1.29 is 23.9 Å². The lowest BCUT2D eigenvalue weighted by atomic mass is 9.86. The SMILES string of the molecule is COc1ccc(C(=O)C2C(=O)C(=O)N(CCCN3CCOCC3)C2c2ccncc2)cc1C. The van der Waals surface area contributed by atoms with Gasteiger partial charge in [-0.05, 0) is 54.8 Å². The Hall–Kier alpha value is -3.10. The molecule has 1 amide bonds. The largest absolute Gasteiger partial charge is 0.496 e. The first-order valence-electron chi connectivity index (χ1n) is 11.2. The van der Waals surface area contributed by atoms with Crippen molar-refractivity contribution in [2.45, 2.75) is 19.4 Å². The number of aromatic nitrogens is 1. The molecule has 3 heterocycles. The van der Waals surface area contributed by atoms with Crippen LogP contribution in [0.1, 0.15) is 33.9 Å². The Balaban J connectivity index is 1.59. The first kappa shape index (κ1) is 23.1. The average Bonchev–Trinajstić information content (AvgIpc) is 3.10. The van der Waals surface area contributed by atoms with E-state index in [9.17, 15) is 14.4 Å². The first-order valence-corrected chi connectivity index (χ1v) is 11.2. The van der Waals surface area contributed by atoms with Gasteiger partial charge in [-0.25, -0.2) is 0 Å². The fourth-order valence-corrected chi connectivity index (χ4v) is 4.66. The number of benzene rings is 1. The molecular formula is C25H29N3O5. The van der Waals surface area contributed by atoms with Gasteiger partial charge in [-0.3, -0.25) is 24.3 Å². The quantitative estimate of drug-likeness (QED) is 0.345. The van der Waals surface area contributed by atoms with Crippen molar-refractivity contribution >= 4 is 17.5 Å². The van der Waals surface area contributed by atoms with Gasteiger partial charge < -0.3 is 14.4 Å². The predicted octanol–water partition coefficient (Wildman–Crippen LogP) is 2.07. The van der Waals surface area contributed by atoms with E-state index in [-0.39, 0.29) is 5.78 Å². The molecule has 0 radical (unpaired) electrons. The van der Waals surface area contributed by atoms with Crippen LogP contribution >= 0.6 is 0 Å². The smallest absolute Gasteiger partial charge is 0.291 e. The minimum atomic E-state index is -1.09. The van der Waals surface area contributed by atoms with Gasteiger partial charge in [0.2, 0.25) is 5.78 Å². The number of carbonyl (C=O) groups is 3. The number of rotatable bonds is 8. The molecule has 2 saturated heterocycles.